The molecule has 0 aromatic carbocycles. The van der Waals surface area contributed by atoms with Crippen LogP contribution in [0.3, 0.4) is 0 Å². The first-order chi connectivity index (χ1) is 12.2. The van der Waals surface area contributed by atoms with Crippen molar-refractivity contribution in [3.63, 3.8) is 0 Å². The summed E-state index contributed by atoms with van der Waals surface area (Å²) >= 11 is 1.44. The van der Waals surface area contributed by atoms with E-state index >= 15 is 0 Å². The number of ether oxygens (including phenoxy) is 1. The Morgan fingerprint density at radius 3 is 2.92 bits per heavy atom. The second-order valence-corrected chi connectivity index (χ2v) is 6.56. The Labute approximate surface area is 148 Å². The van der Waals surface area contributed by atoms with Crippen LogP contribution in [0, 0.1) is 6.92 Å². The van der Waals surface area contributed by atoms with Crippen molar-refractivity contribution in [2.75, 3.05) is 5.32 Å². The van der Waals surface area contributed by atoms with Crippen LogP contribution in [0.15, 0.2) is 48.8 Å². The van der Waals surface area contributed by atoms with Crippen LogP contribution in [-0.2, 0) is 9.53 Å². The van der Waals surface area contributed by atoms with Crippen LogP contribution in [0.2, 0.25) is 0 Å². The van der Waals surface area contributed by atoms with E-state index in [-0.39, 0.29) is 5.97 Å². The predicted molar refractivity (Wildman–Crippen MR) is 96.3 cm³/mol. The molecule has 3 aromatic rings. The molecule has 25 heavy (non-hydrogen) atoms. The SMILES string of the molecule is Cc1ccnc(Nc2cccc(-c3cnc(C4=CCC(=O)O4)s3)n2)c1. The average molecular weight is 350 g/mol. The molecule has 0 aliphatic carbocycles. The average Bonchev–Trinajstić information content (AvgIpc) is 3.24. The molecule has 0 spiro atoms. The molecular formula is C18H14N4O2S. The molecule has 0 saturated carbocycles. The Balaban J connectivity index is 1.57. The van der Waals surface area contributed by atoms with Gasteiger partial charge in [-0.2, -0.15) is 0 Å². The Bertz CT molecular complexity index is 980. The third kappa shape index (κ3) is 3.41. The number of cyclic esters (lactones) is 1. The Hall–Kier alpha value is -3.06. The van der Waals surface area contributed by atoms with E-state index in [4.69, 9.17) is 4.74 Å². The van der Waals surface area contributed by atoms with Gasteiger partial charge in [-0.05, 0) is 42.8 Å². The Kier molecular flexibility index (Phi) is 3.99. The maximum Gasteiger partial charge on any atom is 0.315 e. The van der Waals surface area contributed by atoms with E-state index in [1.165, 1.54) is 11.3 Å². The normalized spacial score (nSPS) is 13.5. The third-order valence-corrected chi connectivity index (χ3v) is 4.60. The van der Waals surface area contributed by atoms with E-state index in [0.29, 0.717) is 23.0 Å². The standard InChI is InChI=1S/C18H14N4O2S/c1-11-7-8-19-16(9-11)22-15-4-2-3-12(21-15)14-10-20-18(25-14)13-5-6-17(23)24-13/h2-5,7-10H,6H2,1H3,(H,19,21,22). The molecule has 4 rings (SSSR count). The molecule has 124 valence electrons. The lowest BCUT2D eigenvalue weighted by Crippen LogP contribution is -1.96. The number of anilines is 2. The molecule has 0 unspecified atom stereocenters. The summed E-state index contributed by atoms with van der Waals surface area (Å²) in [6.45, 7) is 2.01. The van der Waals surface area contributed by atoms with Crippen molar-refractivity contribution in [2.24, 2.45) is 0 Å². The first-order valence-corrected chi connectivity index (χ1v) is 8.53. The van der Waals surface area contributed by atoms with Crippen molar-refractivity contribution >= 4 is 34.7 Å². The highest BCUT2D eigenvalue weighted by atomic mass is 32.1. The number of esters is 1. The highest BCUT2D eigenvalue weighted by Crippen LogP contribution is 2.32. The van der Waals surface area contributed by atoms with Gasteiger partial charge in [0.2, 0.25) is 0 Å². The van der Waals surface area contributed by atoms with Gasteiger partial charge in [-0.3, -0.25) is 4.79 Å². The first kappa shape index (κ1) is 15.5. The molecule has 3 aromatic heterocycles. The topological polar surface area (TPSA) is 77.0 Å². The van der Waals surface area contributed by atoms with Gasteiger partial charge in [0, 0.05) is 12.4 Å². The number of hydrogen-bond acceptors (Lipinski definition) is 7. The number of nitrogens with one attached hydrogen (secondary N) is 1. The van der Waals surface area contributed by atoms with Crippen molar-refractivity contribution in [3.8, 4) is 10.6 Å². The lowest BCUT2D eigenvalue weighted by molar-refractivity contribution is -0.134. The van der Waals surface area contributed by atoms with Crippen LogP contribution >= 0.6 is 11.3 Å². The Morgan fingerprint density at radius 2 is 2.12 bits per heavy atom. The van der Waals surface area contributed by atoms with E-state index in [9.17, 15) is 4.79 Å². The number of aromatic nitrogens is 3. The second kappa shape index (κ2) is 6.45. The zero-order chi connectivity index (χ0) is 17.2. The highest BCUT2D eigenvalue weighted by Gasteiger charge is 2.19. The maximum atomic E-state index is 11.2. The molecule has 0 atom stereocenters. The summed E-state index contributed by atoms with van der Waals surface area (Å²) in [6, 6.07) is 9.63. The van der Waals surface area contributed by atoms with E-state index in [1.54, 1.807) is 18.5 Å². The number of nitrogens with zero attached hydrogens (tertiary/aromatic N) is 3. The van der Waals surface area contributed by atoms with Gasteiger partial charge >= 0.3 is 5.97 Å². The minimum Gasteiger partial charge on any atom is -0.423 e. The maximum absolute atomic E-state index is 11.2. The number of pyridine rings is 2. The van der Waals surface area contributed by atoms with Crippen molar-refractivity contribution in [1.29, 1.82) is 0 Å². The highest BCUT2D eigenvalue weighted by molar-refractivity contribution is 7.16. The van der Waals surface area contributed by atoms with Crippen molar-refractivity contribution in [2.45, 2.75) is 13.3 Å². The van der Waals surface area contributed by atoms with E-state index in [1.807, 2.05) is 37.3 Å². The number of hydrogen-bond donors (Lipinski definition) is 1. The van der Waals surface area contributed by atoms with E-state index < -0.39 is 0 Å². The van der Waals surface area contributed by atoms with Gasteiger partial charge in [0.05, 0.1) is 17.0 Å². The van der Waals surface area contributed by atoms with Gasteiger partial charge in [0.25, 0.3) is 0 Å². The summed E-state index contributed by atoms with van der Waals surface area (Å²) in [6.07, 6.45) is 5.54. The van der Waals surface area contributed by atoms with Gasteiger partial charge < -0.3 is 10.1 Å². The number of carbonyl (C=O) groups excluding carboxylic acids is 1. The number of rotatable bonds is 4. The largest absolute Gasteiger partial charge is 0.423 e. The number of carbonyl (C=O) groups is 1. The van der Waals surface area contributed by atoms with Crippen LogP contribution in [0.25, 0.3) is 16.3 Å². The fraction of sp³-hybridized carbons (Fsp3) is 0.111. The summed E-state index contributed by atoms with van der Waals surface area (Å²) < 4.78 is 5.14. The van der Waals surface area contributed by atoms with E-state index in [2.05, 4.69) is 20.3 Å². The number of thiazole rings is 1. The molecular weight excluding hydrogens is 336 g/mol. The van der Waals surface area contributed by atoms with Crippen LogP contribution in [0.4, 0.5) is 11.6 Å². The molecule has 1 aliphatic rings. The quantitative estimate of drug-likeness (QED) is 0.718. The molecule has 0 fully saturated rings. The molecule has 6 nitrogen and oxygen atoms in total. The predicted octanol–water partition coefficient (Wildman–Crippen LogP) is 3.94. The van der Waals surface area contributed by atoms with Gasteiger partial charge in [0.15, 0.2) is 10.8 Å². The van der Waals surface area contributed by atoms with Crippen LogP contribution in [0.5, 0.6) is 0 Å². The van der Waals surface area contributed by atoms with Crippen LogP contribution < -0.4 is 5.32 Å². The van der Waals surface area contributed by atoms with Gasteiger partial charge in [0.1, 0.15) is 11.6 Å². The molecule has 0 radical (unpaired) electrons. The summed E-state index contributed by atoms with van der Waals surface area (Å²) in [5.41, 5.74) is 1.92. The number of aryl methyl sites for hydroxylation is 1. The van der Waals surface area contributed by atoms with Crippen molar-refractivity contribution < 1.29 is 9.53 Å². The van der Waals surface area contributed by atoms with Crippen molar-refractivity contribution in [3.05, 3.63) is 59.4 Å². The summed E-state index contributed by atoms with van der Waals surface area (Å²) in [4.78, 5) is 25.4. The zero-order valence-corrected chi connectivity index (χ0v) is 14.2. The first-order valence-electron chi connectivity index (χ1n) is 7.71. The summed E-state index contributed by atoms with van der Waals surface area (Å²) in [7, 11) is 0. The third-order valence-electron chi connectivity index (χ3n) is 3.57. The summed E-state index contributed by atoms with van der Waals surface area (Å²) in [5, 5.41) is 3.89. The lowest BCUT2D eigenvalue weighted by atomic mass is 10.3. The molecule has 1 N–H and O–H groups in total. The van der Waals surface area contributed by atoms with Gasteiger partial charge in [-0.15, -0.1) is 11.3 Å². The smallest absolute Gasteiger partial charge is 0.315 e. The minimum atomic E-state index is -0.248. The lowest BCUT2D eigenvalue weighted by Gasteiger charge is -2.06. The monoisotopic (exact) mass is 350 g/mol. The fourth-order valence-electron chi connectivity index (χ4n) is 2.40. The molecule has 7 heteroatoms. The van der Waals surface area contributed by atoms with Crippen molar-refractivity contribution in [1.82, 2.24) is 15.0 Å². The summed E-state index contributed by atoms with van der Waals surface area (Å²) in [5.74, 6) is 1.73. The van der Waals surface area contributed by atoms with Gasteiger partial charge in [-0.25, -0.2) is 15.0 Å². The van der Waals surface area contributed by atoms with Gasteiger partial charge in [-0.1, -0.05) is 6.07 Å². The Morgan fingerprint density at radius 1 is 1.20 bits per heavy atom. The second-order valence-electron chi connectivity index (χ2n) is 5.53. The van der Waals surface area contributed by atoms with Crippen LogP contribution in [0.1, 0.15) is 17.0 Å². The molecule has 4 heterocycles. The zero-order valence-electron chi connectivity index (χ0n) is 13.4. The molecule has 1 aliphatic heterocycles. The molecule has 0 bridgehead atoms. The molecule has 0 amide bonds. The fourth-order valence-corrected chi connectivity index (χ4v) is 3.26. The molecule has 0 saturated heterocycles. The van der Waals surface area contributed by atoms with Crippen LogP contribution in [-0.4, -0.2) is 20.9 Å². The van der Waals surface area contributed by atoms with E-state index in [0.717, 1.165) is 22.0 Å². The minimum absolute atomic E-state index is 0.248.